The molecular weight excluding hydrogens is 340 g/mol. The lowest BCUT2D eigenvalue weighted by molar-refractivity contribution is -0.132. The molecule has 2 aliphatic rings. The van der Waals surface area contributed by atoms with Crippen LogP contribution in [-0.4, -0.2) is 68.3 Å². The van der Waals surface area contributed by atoms with Gasteiger partial charge in [0.15, 0.2) is 0 Å². The van der Waals surface area contributed by atoms with E-state index in [1.807, 2.05) is 11.8 Å². The summed E-state index contributed by atoms with van der Waals surface area (Å²) in [7, 11) is 1.75. The molecule has 0 aromatic heterocycles. The quantitative estimate of drug-likeness (QED) is 0.570. The fourth-order valence-electron chi connectivity index (χ4n) is 4.28. The van der Waals surface area contributed by atoms with Gasteiger partial charge in [0.2, 0.25) is 5.91 Å². The molecule has 2 atom stereocenters. The number of allylic oxidation sites excluding steroid dienone is 1. The number of hydrogen-bond donors (Lipinski definition) is 0. The number of methoxy groups -OCH3 is 1. The Bertz CT molecular complexity index is 486. The third kappa shape index (κ3) is 6.79. The van der Waals surface area contributed by atoms with Gasteiger partial charge in [-0.3, -0.25) is 9.69 Å². The lowest BCUT2D eigenvalue weighted by Crippen LogP contribution is -2.43. The summed E-state index contributed by atoms with van der Waals surface area (Å²) in [6.45, 7) is 11.9. The highest BCUT2D eigenvalue weighted by atomic mass is 16.5. The van der Waals surface area contributed by atoms with Gasteiger partial charge in [-0.15, -0.1) is 0 Å². The summed E-state index contributed by atoms with van der Waals surface area (Å²) in [5, 5.41) is 0. The van der Waals surface area contributed by atoms with Gasteiger partial charge in [-0.1, -0.05) is 20.3 Å². The molecule has 0 N–H and O–H groups in total. The van der Waals surface area contributed by atoms with E-state index in [0.717, 1.165) is 57.7 Å². The summed E-state index contributed by atoms with van der Waals surface area (Å²) in [4.78, 5) is 16.7. The van der Waals surface area contributed by atoms with Crippen molar-refractivity contribution in [2.24, 2.45) is 5.92 Å². The van der Waals surface area contributed by atoms with Crippen LogP contribution in [0.25, 0.3) is 0 Å². The standard InChI is InChI=1S/C22H40N2O3/c1-5-18(3)22(19-11-10-14-24(15-19)21(25)6-2)27-20(17-26-4)16-23-12-8-7-9-13-23/h19-20H,5-17H2,1-4H3/b22-18+. The van der Waals surface area contributed by atoms with Gasteiger partial charge in [0, 0.05) is 39.1 Å². The number of carbonyl (C=O) groups is 1. The number of amides is 1. The molecule has 2 unspecified atom stereocenters. The molecule has 2 heterocycles. The summed E-state index contributed by atoms with van der Waals surface area (Å²) >= 11 is 0. The molecule has 0 aromatic rings. The van der Waals surface area contributed by atoms with Gasteiger partial charge in [0.1, 0.15) is 11.9 Å². The molecule has 2 fully saturated rings. The predicted octanol–water partition coefficient (Wildman–Crippen LogP) is 3.84. The highest BCUT2D eigenvalue weighted by Crippen LogP contribution is 2.29. The van der Waals surface area contributed by atoms with E-state index in [0.29, 0.717) is 18.9 Å². The first-order valence-corrected chi connectivity index (χ1v) is 10.9. The van der Waals surface area contributed by atoms with Crippen LogP contribution in [0.5, 0.6) is 0 Å². The zero-order chi connectivity index (χ0) is 19.6. The van der Waals surface area contributed by atoms with Gasteiger partial charge in [-0.05, 0) is 57.7 Å². The van der Waals surface area contributed by atoms with E-state index in [2.05, 4.69) is 18.7 Å². The van der Waals surface area contributed by atoms with Crippen LogP contribution in [0.4, 0.5) is 0 Å². The van der Waals surface area contributed by atoms with Crippen molar-refractivity contribution in [3.05, 3.63) is 11.3 Å². The van der Waals surface area contributed by atoms with Crippen LogP contribution < -0.4 is 0 Å². The first kappa shape index (κ1) is 22.2. The van der Waals surface area contributed by atoms with E-state index >= 15 is 0 Å². The zero-order valence-electron chi connectivity index (χ0n) is 18.0. The molecule has 0 aliphatic carbocycles. The lowest BCUT2D eigenvalue weighted by atomic mass is 9.92. The molecule has 0 spiro atoms. The maximum atomic E-state index is 12.2. The normalized spacial score (nSPS) is 23.7. The molecule has 5 nitrogen and oxygen atoms in total. The minimum atomic E-state index is 0.0573. The molecule has 27 heavy (non-hydrogen) atoms. The molecule has 156 valence electrons. The molecule has 0 bridgehead atoms. The van der Waals surface area contributed by atoms with Crippen LogP contribution in [-0.2, 0) is 14.3 Å². The van der Waals surface area contributed by atoms with Crippen molar-refractivity contribution in [2.75, 3.05) is 46.4 Å². The third-order valence-electron chi connectivity index (χ3n) is 5.96. The fourth-order valence-corrected chi connectivity index (χ4v) is 4.28. The molecule has 2 aliphatic heterocycles. The van der Waals surface area contributed by atoms with Crippen LogP contribution in [0.2, 0.25) is 0 Å². The van der Waals surface area contributed by atoms with Crippen molar-refractivity contribution >= 4 is 5.91 Å². The Labute approximate surface area is 166 Å². The Hall–Kier alpha value is -1.07. The Morgan fingerprint density at radius 1 is 1.07 bits per heavy atom. The van der Waals surface area contributed by atoms with E-state index in [1.165, 1.54) is 24.8 Å². The minimum absolute atomic E-state index is 0.0573. The summed E-state index contributed by atoms with van der Waals surface area (Å²) in [5.74, 6) is 1.69. The van der Waals surface area contributed by atoms with Crippen molar-refractivity contribution in [1.82, 2.24) is 9.80 Å². The minimum Gasteiger partial charge on any atom is -0.491 e. The molecule has 2 rings (SSSR count). The second-order valence-corrected chi connectivity index (χ2v) is 8.09. The Morgan fingerprint density at radius 3 is 2.44 bits per heavy atom. The van der Waals surface area contributed by atoms with Crippen LogP contribution in [0.15, 0.2) is 11.3 Å². The van der Waals surface area contributed by atoms with Crippen molar-refractivity contribution in [2.45, 2.75) is 71.8 Å². The van der Waals surface area contributed by atoms with Crippen molar-refractivity contribution in [1.29, 1.82) is 0 Å². The van der Waals surface area contributed by atoms with E-state index in [9.17, 15) is 4.79 Å². The molecule has 2 saturated heterocycles. The number of likely N-dealkylation sites (tertiary alicyclic amines) is 2. The van der Waals surface area contributed by atoms with Crippen LogP contribution >= 0.6 is 0 Å². The number of rotatable bonds is 9. The van der Waals surface area contributed by atoms with Crippen molar-refractivity contribution in [3.8, 4) is 0 Å². The van der Waals surface area contributed by atoms with Gasteiger partial charge in [-0.25, -0.2) is 0 Å². The van der Waals surface area contributed by atoms with E-state index < -0.39 is 0 Å². The first-order valence-electron chi connectivity index (χ1n) is 10.9. The molecule has 5 heteroatoms. The second kappa shape index (κ2) is 11.7. The molecule has 0 radical (unpaired) electrons. The number of piperidine rings is 2. The molecule has 0 aromatic carbocycles. The van der Waals surface area contributed by atoms with Gasteiger partial charge in [0.05, 0.1) is 6.61 Å². The smallest absolute Gasteiger partial charge is 0.222 e. The summed E-state index contributed by atoms with van der Waals surface area (Å²) < 4.78 is 12.1. The Kier molecular flexibility index (Phi) is 9.63. The maximum Gasteiger partial charge on any atom is 0.222 e. The number of nitrogens with zero attached hydrogens (tertiary/aromatic N) is 2. The largest absolute Gasteiger partial charge is 0.491 e. The second-order valence-electron chi connectivity index (χ2n) is 8.09. The van der Waals surface area contributed by atoms with Gasteiger partial charge in [0.25, 0.3) is 0 Å². The molecular formula is C22H40N2O3. The monoisotopic (exact) mass is 380 g/mol. The van der Waals surface area contributed by atoms with E-state index in [4.69, 9.17) is 9.47 Å². The van der Waals surface area contributed by atoms with E-state index in [1.54, 1.807) is 7.11 Å². The summed E-state index contributed by atoms with van der Waals surface area (Å²) in [5.41, 5.74) is 1.31. The Balaban J connectivity index is 2.08. The maximum absolute atomic E-state index is 12.2. The van der Waals surface area contributed by atoms with E-state index in [-0.39, 0.29) is 12.0 Å². The molecule has 1 amide bonds. The van der Waals surface area contributed by atoms with Gasteiger partial charge >= 0.3 is 0 Å². The summed E-state index contributed by atoms with van der Waals surface area (Å²) in [6, 6.07) is 0. The highest BCUT2D eigenvalue weighted by Gasteiger charge is 2.29. The van der Waals surface area contributed by atoms with Crippen LogP contribution in [0.3, 0.4) is 0 Å². The van der Waals surface area contributed by atoms with Gasteiger partial charge in [-0.2, -0.15) is 0 Å². The zero-order valence-corrected chi connectivity index (χ0v) is 18.0. The fraction of sp³-hybridized carbons (Fsp3) is 0.864. The van der Waals surface area contributed by atoms with Gasteiger partial charge < -0.3 is 14.4 Å². The average Bonchev–Trinajstić information content (AvgIpc) is 2.71. The number of hydrogen-bond acceptors (Lipinski definition) is 4. The average molecular weight is 381 g/mol. The lowest BCUT2D eigenvalue weighted by Gasteiger charge is -2.37. The third-order valence-corrected chi connectivity index (χ3v) is 5.96. The van der Waals surface area contributed by atoms with Crippen LogP contribution in [0, 0.1) is 5.92 Å². The van der Waals surface area contributed by atoms with Crippen molar-refractivity contribution < 1.29 is 14.3 Å². The highest BCUT2D eigenvalue weighted by molar-refractivity contribution is 5.75. The topological polar surface area (TPSA) is 42.0 Å². The summed E-state index contributed by atoms with van der Waals surface area (Å²) in [6.07, 6.45) is 7.69. The predicted molar refractivity (Wildman–Crippen MR) is 110 cm³/mol. The Morgan fingerprint density at radius 2 is 1.81 bits per heavy atom. The van der Waals surface area contributed by atoms with Crippen LogP contribution in [0.1, 0.15) is 65.7 Å². The van der Waals surface area contributed by atoms with Crippen molar-refractivity contribution in [3.63, 3.8) is 0 Å². The first-order chi connectivity index (χ1) is 13.1. The SMILES string of the molecule is CCC(=O)N1CCCC(/C(OC(COC)CN2CCCCC2)=C(/C)CC)C1. The number of carbonyl (C=O) groups excluding carboxylic acids is 1. The molecule has 0 saturated carbocycles. The number of ether oxygens (including phenoxy) is 2.